The van der Waals surface area contributed by atoms with E-state index in [1.807, 2.05) is 25.1 Å². The standard InChI is InChI=1S/C23H27N2O4/c1-4-16-13-25-11-9-18-17-7-5-6-8-20(17)24-21(18)23(22(27)28-3,14-29-15(2)26)19(16)10-12-25/h4-8,13,19,24H,9-12,14H2,1-3H3/q+1/b16-4-/t19-,23+/m1/s1. The highest BCUT2D eigenvalue weighted by Crippen LogP contribution is 2.45. The third kappa shape index (κ3) is 3.07. The first-order valence-electron chi connectivity index (χ1n) is 10.1. The molecule has 0 aliphatic carbocycles. The summed E-state index contributed by atoms with van der Waals surface area (Å²) >= 11 is 0. The lowest BCUT2D eigenvalue weighted by atomic mass is 9.66. The molecule has 0 fully saturated rings. The molecule has 0 unspecified atom stereocenters. The summed E-state index contributed by atoms with van der Waals surface area (Å²) in [6.45, 7) is 5.02. The Bertz CT molecular complexity index is 1030. The lowest BCUT2D eigenvalue weighted by Crippen LogP contribution is -2.51. The second kappa shape index (κ2) is 7.50. The fourth-order valence-corrected chi connectivity index (χ4v) is 4.95. The molecule has 2 aromatic rings. The summed E-state index contributed by atoms with van der Waals surface area (Å²) in [5, 5.41) is 1.10. The number of rotatable bonds is 3. The summed E-state index contributed by atoms with van der Waals surface area (Å²) in [5.74, 6) is -0.936. The van der Waals surface area contributed by atoms with Crippen molar-refractivity contribution in [2.24, 2.45) is 5.92 Å². The third-order valence-electron chi connectivity index (χ3n) is 6.33. The molecule has 0 spiro atoms. The van der Waals surface area contributed by atoms with Crippen LogP contribution in [0.1, 0.15) is 31.5 Å². The number of nitrogens with one attached hydrogen (secondary N) is 1. The average molecular weight is 395 g/mol. The minimum Gasteiger partial charge on any atom is -0.468 e. The number of carbonyl (C=O) groups is 2. The molecule has 2 atom stereocenters. The van der Waals surface area contributed by atoms with E-state index in [1.54, 1.807) is 0 Å². The Morgan fingerprint density at radius 3 is 2.83 bits per heavy atom. The van der Waals surface area contributed by atoms with Gasteiger partial charge in [0, 0.05) is 47.9 Å². The molecule has 1 aromatic heterocycles. The minimum absolute atomic E-state index is 0.0509. The molecule has 3 aliphatic heterocycles. The fraction of sp³-hybridized carbons (Fsp3) is 0.435. The molecule has 29 heavy (non-hydrogen) atoms. The van der Waals surface area contributed by atoms with Gasteiger partial charge in [-0.3, -0.25) is 9.59 Å². The van der Waals surface area contributed by atoms with Crippen molar-refractivity contribution >= 4 is 29.1 Å². The van der Waals surface area contributed by atoms with Crippen molar-refractivity contribution in [2.75, 3.05) is 26.8 Å². The van der Waals surface area contributed by atoms with E-state index in [1.165, 1.54) is 14.0 Å². The molecule has 1 N–H and O–H groups in total. The van der Waals surface area contributed by atoms with Gasteiger partial charge in [-0.2, -0.15) is 0 Å². The van der Waals surface area contributed by atoms with Crippen LogP contribution in [0.15, 0.2) is 35.9 Å². The SMILES string of the molecule is C/C=C1/C=[N+]2CCc3c([nH]c4ccccc34)[C@@](COC(C)=O)(C(=O)OC)[C@@H]1CC2. The van der Waals surface area contributed by atoms with Crippen LogP contribution < -0.4 is 0 Å². The van der Waals surface area contributed by atoms with Crippen LogP contribution in [-0.4, -0.2) is 54.5 Å². The number of methoxy groups -OCH3 is 1. The summed E-state index contributed by atoms with van der Waals surface area (Å²) in [5.41, 5.74) is 2.84. The van der Waals surface area contributed by atoms with Gasteiger partial charge in [0.25, 0.3) is 0 Å². The fourth-order valence-electron chi connectivity index (χ4n) is 4.95. The number of ether oxygens (including phenoxy) is 2. The first-order chi connectivity index (χ1) is 14.0. The Hall–Kier alpha value is -2.89. The van der Waals surface area contributed by atoms with E-state index in [4.69, 9.17) is 9.47 Å². The molecule has 0 saturated heterocycles. The minimum atomic E-state index is -1.12. The summed E-state index contributed by atoms with van der Waals surface area (Å²) in [7, 11) is 1.40. The number of esters is 2. The van der Waals surface area contributed by atoms with Crippen molar-refractivity contribution in [1.29, 1.82) is 0 Å². The Morgan fingerprint density at radius 2 is 2.10 bits per heavy atom. The molecule has 152 valence electrons. The van der Waals surface area contributed by atoms with E-state index in [0.29, 0.717) is 0 Å². The van der Waals surface area contributed by atoms with Crippen molar-refractivity contribution in [2.45, 2.75) is 32.1 Å². The van der Waals surface area contributed by atoms with E-state index < -0.39 is 11.4 Å². The van der Waals surface area contributed by atoms with Gasteiger partial charge in [-0.25, -0.2) is 4.58 Å². The van der Waals surface area contributed by atoms with Gasteiger partial charge in [0.2, 0.25) is 0 Å². The summed E-state index contributed by atoms with van der Waals surface area (Å²) in [6, 6.07) is 8.08. The third-order valence-corrected chi connectivity index (χ3v) is 6.33. The number of nitrogens with zero attached hydrogens (tertiary/aromatic N) is 1. The van der Waals surface area contributed by atoms with Crippen LogP contribution in [0.3, 0.4) is 0 Å². The number of benzene rings is 1. The van der Waals surface area contributed by atoms with Crippen LogP contribution in [0.25, 0.3) is 10.9 Å². The number of hydrogen-bond donors (Lipinski definition) is 1. The number of allylic oxidation sites excluding steroid dienone is 2. The second-order valence-corrected chi connectivity index (χ2v) is 7.81. The zero-order valence-corrected chi connectivity index (χ0v) is 17.2. The molecule has 0 amide bonds. The second-order valence-electron chi connectivity index (χ2n) is 7.81. The van der Waals surface area contributed by atoms with Crippen LogP contribution in [0.2, 0.25) is 0 Å². The lowest BCUT2D eigenvalue weighted by Gasteiger charge is -2.38. The Kier molecular flexibility index (Phi) is 5.03. The first kappa shape index (κ1) is 19.4. The van der Waals surface area contributed by atoms with Crippen molar-refractivity contribution in [3.63, 3.8) is 0 Å². The van der Waals surface area contributed by atoms with Gasteiger partial charge < -0.3 is 14.5 Å². The van der Waals surface area contributed by atoms with Gasteiger partial charge in [-0.1, -0.05) is 24.3 Å². The summed E-state index contributed by atoms with van der Waals surface area (Å²) < 4.78 is 13.2. The van der Waals surface area contributed by atoms with E-state index >= 15 is 0 Å². The zero-order valence-electron chi connectivity index (χ0n) is 17.2. The maximum absolute atomic E-state index is 13.5. The number of aromatic amines is 1. The number of para-hydroxylation sites is 1. The number of hydrogen-bond acceptors (Lipinski definition) is 4. The topological polar surface area (TPSA) is 71.4 Å². The lowest BCUT2D eigenvalue weighted by molar-refractivity contribution is -0.527. The predicted molar refractivity (Wildman–Crippen MR) is 110 cm³/mol. The van der Waals surface area contributed by atoms with Crippen molar-refractivity contribution in [3.05, 3.63) is 47.2 Å². The van der Waals surface area contributed by atoms with Crippen LogP contribution in [0.5, 0.6) is 0 Å². The van der Waals surface area contributed by atoms with Gasteiger partial charge in [0.15, 0.2) is 6.21 Å². The van der Waals surface area contributed by atoms with Crippen LogP contribution >= 0.6 is 0 Å². The summed E-state index contributed by atoms with van der Waals surface area (Å²) in [4.78, 5) is 28.8. The molecule has 0 radical (unpaired) electrons. The largest absolute Gasteiger partial charge is 0.468 e. The highest BCUT2D eigenvalue weighted by Gasteiger charge is 2.55. The maximum atomic E-state index is 13.5. The normalized spacial score (nSPS) is 25.0. The predicted octanol–water partition coefficient (Wildman–Crippen LogP) is 2.75. The zero-order chi connectivity index (χ0) is 20.6. The molecule has 5 rings (SSSR count). The Balaban J connectivity index is 2.05. The maximum Gasteiger partial charge on any atom is 0.322 e. The van der Waals surface area contributed by atoms with Crippen molar-refractivity contribution in [3.8, 4) is 0 Å². The van der Waals surface area contributed by atoms with E-state index in [-0.39, 0.29) is 18.5 Å². The first-order valence-corrected chi connectivity index (χ1v) is 10.1. The van der Waals surface area contributed by atoms with Gasteiger partial charge in [0.05, 0.1) is 7.11 Å². The number of aromatic nitrogens is 1. The Labute approximate surface area is 170 Å². The smallest absolute Gasteiger partial charge is 0.322 e. The Morgan fingerprint density at radius 1 is 1.31 bits per heavy atom. The van der Waals surface area contributed by atoms with Crippen LogP contribution in [0.4, 0.5) is 0 Å². The molecule has 0 saturated carbocycles. The molecular weight excluding hydrogens is 368 g/mol. The quantitative estimate of drug-likeness (QED) is 0.641. The molecule has 6 nitrogen and oxygen atoms in total. The van der Waals surface area contributed by atoms with Gasteiger partial charge in [0.1, 0.15) is 25.1 Å². The average Bonchev–Trinajstić information content (AvgIpc) is 3.14. The monoisotopic (exact) mass is 395 g/mol. The highest BCUT2D eigenvalue weighted by molar-refractivity contribution is 5.93. The van der Waals surface area contributed by atoms with E-state index in [9.17, 15) is 9.59 Å². The van der Waals surface area contributed by atoms with E-state index in [0.717, 1.165) is 53.7 Å². The number of H-pyrrole nitrogens is 1. The number of carbonyl (C=O) groups excluding carboxylic acids is 2. The molecular formula is C23H27N2O4+. The van der Waals surface area contributed by atoms with E-state index in [2.05, 4.69) is 27.9 Å². The van der Waals surface area contributed by atoms with Gasteiger partial charge >= 0.3 is 11.9 Å². The number of fused-ring (bicyclic) bond motifs is 4. The van der Waals surface area contributed by atoms with Crippen molar-refractivity contribution in [1.82, 2.24) is 4.98 Å². The van der Waals surface area contributed by atoms with Gasteiger partial charge in [-0.15, -0.1) is 0 Å². The molecule has 4 heterocycles. The molecule has 1 aromatic carbocycles. The van der Waals surface area contributed by atoms with Crippen LogP contribution in [-0.2, 0) is 30.9 Å². The van der Waals surface area contributed by atoms with Crippen LogP contribution in [0, 0.1) is 5.92 Å². The molecule has 3 aliphatic rings. The molecule has 6 heteroatoms. The molecule has 2 bridgehead atoms. The summed E-state index contributed by atoms with van der Waals surface area (Å²) in [6.07, 6.45) is 5.77. The van der Waals surface area contributed by atoms with Crippen molar-refractivity contribution < 1.29 is 23.6 Å². The van der Waals surface area contributed by atoms with Gasteiger partial charge in [-0.05, 0) is 18.6 Å². The highest BCUT2D eigenvalue weighted by atomic mass is 16.5.